The zero-order chi connectivity index (χ0) is 18.0. The number of hydrogen-bond donors (Lipinski definition) is 4. The Bertz CT molecular complexity index is 809. The monoisotopic (exact) mass is 347 g/mol. The molecule has 1 aromatic carbocycles. The fraction of sp³-hybridized carbons (Fsp3) is 0.312. The minimum absolute atomic E-state index is 0.0434. The average Bonchev–Trinajstić information content (AvgIpc) is 2.91. The summed E-state index contributed by atoms with van der Waals surface area (Å²) < 4.78 is 6.27. The smallest absolute Gasteiger partial charge is 0.351 e. The number of anilines is 1. The lowest BCUT2D eigenvalue weighted by atomic mass is 10.1. The lowest BCUT2D eigenvalue weighted by molar-refractivity contribution is -0.0549. The summed E-state index contributed by atoms with van der Waals surface area (Å²) in [6.07, 6.45) is -3.59. The molecule has 0 radical (unpaired) electrons. The molecular formula is C16H17N3O6. The van der Waals surface area contributed by atoms with Gasteiger partial charge < -0.3 is 25.4 Å². The van der Waals surface area contributed by atoms with E-state index in [0.717, 1.165) is 4.57 Å². The number of carbonyl (C=O) groups excluding carboxylic acids is 1. The lowest BCUT2D eigenvalue weighted by Gasteiger charge is -2.17. The van der Waals surface area contributed by atoms with Gasteiger partial charge in [0, 0.05) is 11.8 Å². The predicted octanol–water partition coefficient (Wildman–Crippen LogP) is -0.893. The largest absolute Gasteiger partial charge is 0.394 e. The summed E-state index contributed by atoms with van der Waals surface area (Å²) in [6, 6.07) is 9.81. The summed E-state index contributed by atoms with van der Waals surface area (Å²) in [5.41, 5.74) is -0.363. The molecule has 1 fully saturated rings. The van der Waals surface area contributed by atoms with Crippen molar-refractivity contribution in [3.8, 4) is 0 Å². The minimum Gasteiger partial charge on any atom is -0.394 e. The summed E-state index contributed by atoms with van der Waals surface area (Å²) in [6.45, 7) is -0.498. The molecule has 9 heteroatoms. The highest BCUT2D eigenvalue weighted by molar-refractivity contribution is 6.03. The van der Waals surface area contributed by atoms with Crippen molar-refractivity contribution in [2.24, 2.45) is 0 Å². The van der Waals surface area contributed by atoms with Crippen molar-refractivity contribution in [3.05, 3.63) is 58.6 Å². The SMILES string of the molecule is O=C(Nc1ccn(C2O[C@H](CO)C(O)C2O)c(=O)n1)c1ccccc1. The molecule has 9 nitrogen and oxygen atoms in total. The van der Waals surface area contributed by atoms with Crippen LogP contribution in [0.15, 0.2) is 47.4 Å². The van der Waals surface area contributed by atoms with Crippen LogP contribution in [0.1, 0.15) is 16.6 Å². The van der Waals surface area contributed by atoms with Crippen molar-refractivity contribution in [2.75, 3.05) is 11.9 Å². The van der Waals surface area contributed by atoms with E-state index < -0.39 is 42.7 Å². The van der Waals surface area contributed by atoms with Crippen LogP contribution in [0.3, 0.4) is 0 Å². The molecule has 2 heterocycles. The maximum absolute atomic E-state index is 12.2. The predicted molar refractivity (Wildman–Crippen MR) is 85.9 cm³/mol. The molecule has 1 saturated heterocycles. The van der Waals surface area contributed by atoms with E-state index in [0.29, 0.717) is 5.56 Å². The Kier molecular flexibility index (Phi) is 4.91. The summed E-state index contributed by atoms with van der Waals surface area (Å²) in [5, 5.41) is 31.3. The summed E-state index contributed by atoms with van der Waals surface area (Å²) in [4.78, 5) is 27.9. The Morgan fingerprint density at radius 2 is 1.92 bits per heavy atom. The van der Waals surface area contributed by atoms with E-state index in [1.54, 1.807) is 30.3 Å². The molecule has 4 N–H and O–H groups in total. The van der Waals surface area contributed by atoms with E-state index in [1.807, 2.05) is 0 Å². The highest BCUT2D eigenvalue weighted by Crippen LogP contribution is 2.28. The van der Waals surface area contributed by atoms with Gasteiger partial charge in [-0.2, -0.15) is 4.98 Å². The second-order valence-electron chi connectivity index (χ2n) is 5.55. The third-order valence-corrected chi connectivity index (χ3v) is 3.90. The van der Waals surface area contributed by atoms with E-state index in [1.165, 1.54) is 12.3 Å². The number of amides is 1. The van der Waals surface area contributed by atoms with Crippen molar-refractivity contribution in [2.45, 2.75) is 24.5 Å². The van der Waals surface area contributed by atoms with Crippen molar-refractivity contribution >= 4 is 11.7 Å². The van der Waals surface area contributed by atoms with Gasteiger partial charge in [-0.05, 0) is 18.2 Å². The Morgan fingerprint density at radius 1 is 1.20 bits per heavy atom. The van der Waals surface area contributed by atoms with Crippen LogP contribution in [-0.4, -0.2) is 55.7 Å². The first-order chi connectivity index (χ1) is 12.0. The molecule has 0 bridgehead atoms. The van der Waals surface area contributed by atoms with Gasteiger partial charge in [-0.15, -0.1) is 0 Å². The summed E-state index contributed by atoms with van der Waals surface area (Å²) in [5.74, 6) is -0.375. The number of nitrogens with zero attached hydrogens (tertiary/aromatic N) is 2. The van der Waals surface area contributed by atoms with Gasteiger partial charge in [0.1, 0.15) is 24.1 Å². The van der Waals surface area contributed by atoms with Gasteiger partial charge in [-0.1, -0.05) is 18.2 Å². The molecule has 1 amide bonds. The number of aliphatic hydroxyl groups excluding tert-OH is 3. The summed E-state index contributed by atoms with van der Waals surface area (Å²) >= 11 is 0. The van der Waals surface area contributed by atoms with E-state index >= 15 is 0 Å². The quantitative estimate of drug-likeness (QED) is 0.563. The highest BCUT2D eigenvalue weighted by atomic mass is 16.6. The Morgan fingerprint density at radius 3 is 2.52 bits per heavy atom. The Balaban J connectivity index is 1.78. The minimum atomic E-state index is -1.39. The van der Waals surface area contributed by atoms with Crippen molar-refractivity contribution in [1.29, 1.82) is 0 Å². The van der Waals surface area contributed by atoms with Crippen LogP contribution in [0.2, 0.25) is 0 Å². The molecule has 1 aliphatic heterocycles. The highest BCUT2D eigenvalue weighted by Gasteiger charge is 2.43. The van der Waals surface area contributed by atoms with Crippen LogP contribution < -0.4 is 11.0 Å². The van der Waals surface area contributed by atoms with Crippen LogP contribution in [0.4, 0.5) is 5.82 Å². The number of benzene rings is 1. The molecule has 0 saturated carbocycles. The van der Waals surface area contributed by atoms with Gasteiger partial charge in [0.25, 0.3) is 5.91 Å². The zero-order valence-electron chi connectivity index (χ0n) is 13.0. The molecule has 3 rings (SSSR count). The van der Waals surface area contributed by atoms with Gasteiger partial charge >= 0.3 is 5.69 Å². The second-order valence-corrected chi connectivity index (χ2v) is 5.55. The number of ether oxygens (including phenoxy) is 1. The second kappa shape index (κ2) is 7.11. The molecule has 25 heavy (non-hydrogen) atoms. The molecule has 2 aromatic rings. The Labute approximate surface area is 142 Å². The fourth-order valence-corrected chi connectivity index (χ4v) is 2.56. The van der Waals surface area contributed by atoms with Crippen molar-refractivity contribution < 1.29 is 24.9 Å². The number of hydrogen-bond acceptors (Lipinski definition) is 7. The normalized spacial score (nSPS) is 25.7. The van der Waals surface area contributed by atoms with E-state index in [-0.39, 0.29) is 5.82 Å². The van der Waals surface area contributed by atoms with Crippen molar-refractivity contribution in [3.63, 3.8) is 0 Å². The van der Waals surface area contributed by atoms with E-state index in [9.17, 15) is 19.8 Å². The van der Waals surface area contributed by atoms with Crippen LogP contribution in [0, 0.1) is 0 Å². The maximum atomic E-state index is 12.2. The van der Waals surface area contributed by atoms with Crippen LogP contribution in [-0.2, 0) is 4.74 Å². The van der Waals surface area contributed by atoms with Gasteiger partial charge in [0.2, 0.25) is 0 Å². The van der Waals surface area contributed by atoms with E-state index in [4.69, 9.17) is 9.84 Å². The van der Waals surface area contributed by atoms with Gasteiger partial charge in [0.15, 0.2) is 6.23 Å². The molecule has 0 aliphatic carbocycles. The van der Waals surface area contributed by atoms with Gasteiger partial charge in [-0.25, -0.2) is 4.79 Å². The van der Waals surface area contributed by atoms with Crippen LogP contribution in [0.25, 0.3) is 0 Å². The first-order valence-electron chi connectivity index (χ1n) is 7.59. The summed E-state index contributed by atoms with van der Waals surface area (Å²) in [7, 11) is 0. The standard InChI is InChI=1S/C16H17N3O6/c20-8-10-12(21)13(22)15(25-10)19-7-6-11(18-16(19)24)17-14(23)9-4-2-1-3-5-9/h1-7,10,12-13,15,20-22H,8H2,(H,17,18,23,24)/t10-,12?,13?,15?/m1/s1. The number of rotatable bonds is 4. The Hall–Kier alpha value is -2.59. The first kappa shape index (κ1) is 17.2. The van der Waals surface area contributed by atoms with E-state index in [2.05, 4.69) is 10.3 Å². The number of carbonyl (C=O) groups is 1. The first-order valence-corrected chi connectivity index (χ1v) is 7.59. The van der Waals surface area contributed by atoms with Crippen molar-refractivity contribution in [1.82, 2.24) is 9.55 Å². The molecular weight excluding hydrogens is 330 g/mol. The average molecular weight is 347 g/mol. The molecule has 3 unspecified atom stereocenters. The molecule has 0 spiro atoms. The van der Waals surface area contributed by atoms with Gasteiger partial charge in [0.05, 0.1) is 6.61 Å². The number of aliphatic hydroxyl groups is 3. The fourth-order valence-electron chi connectivity index (χ4n) is 2.56. The van der Waals surface area contributed by atoms with Crippen LogP contribution >= 0.6 is 0 Å². The number of nitrogens with one attached hydrogen (secondary N) is 1. The van der Waals surface area contributed by atoms with Gasteiger partial charge in [-0.3, -0.25) is 9.36 Å². The molecule has 1 aromatic heterocycles. The molecule has 1 aliphatic rings. The van der Waals surface area contributed by atoms with Crippen LogP contribution in [0.5, 0.6) is 0 Å². The third-order valence-electron chi connectivity index (χ3n) is 3.90. The lowest BCUT2D eigenvalue weighted by Crippen LogP contribution is -2.36. The molecule has 132 valence electrons. The third kappa shape index (κ3) is 3.44. The zero-order valence-corrected chi connectivity index (χ0v) is 13.0. The maximum Gasteiger partial charge on any atom is 0.351 e. The number of aromatic nitrogens is 2. The molecule has 4 atom stereocenters. The topological polar surface area (TPSA) is 134 Å².